The van der Waals surface area contributed by atoms with Gasteiger partial charge >= 0.3 is 10.1 Å². The molecule has 110 valence electrons. The fraction of sp³-hybridized carbons (Fsp3) is 0. The minimum Gasteiger partial charge on any atom is -0.377 e. The Hall–Kier alpha value is -1.83. The molecule has 6 nitrogen and oxygen atoms in total. The molecule has 0 aliphatic carbocycles. The molecule has 2 aromatic rings. The van der Waals surface area contributed by atoms with E-state index in [0.717, 1.165) is 18.2 Å². The van der Waals surface area contributed by atoms with Gasteiger partial charge in [0.15, 0.2) is 5.75 Å². The van der Waals surface area contributed by atoms with Crippen LogP contribution >= 0.6 is 23.2 Å². The summed E-state index contributed by atoms with van der Waals surface area (Å²) in [5.41, 5.74) is -0.527. The van der Waals surface area contributed by atoms with Gasteiger partial charge in [-0.05, 0) is 24.3 Å². The standard InChI is InChI=1S/C12H7Cl2NO5S/c13-9-6-5-8(7-11(9)15(16)17)21(18,19)20-12-4-2-1-3-10(12)14/h1-7H. The van der Waals surface area contributed by atoms with Crippen molar-refractivity contribution >= 4 is 39.0 Å². The number of para-hydroxylation sites is 1. The third-order valence-electron chi connectivity index (χ3n) is 2.44. The van der Waals surface area contributed by atoms with Crippen LogP contribution < -0.4 is 4.18 Å². The number of nitrogens with zero attached hydrogens (tertiary/aromatic N) is 1. The zero-order valence-corrected chi connectivity index (χ0v) is 12.5. The van der Waals surface area contributed by atoms with Crippen molar-refractivity contribution in [2.24, 2.45) is 0 Å². The van der Waals surface area contributed by atoms with Gasteiger partial charge in [0.05, 0.1) is 9.95 Å². The van der Waals surface area contributed by atoms with Gasteiger partial charge in [-0.3, -0.25) is 10.1 Å². The molecule has 0 radical (unpaired) electrons. The fourth-order valence-electron chi connectivity index (χ4n) is 1.47. The predicted octanol–water partition coefficient (Wildman–Crippen LogP) is 3.67. The highest BCUT2D eigenvalue weighted by molar-refractivity contribution is 7.87. The summed E-state index contributed by atoms with van der Waals surface area (Å²) >= 11 is 11.4. The molecule has 0 unspecified atom stereocenters. The third kappa shape index (κ3) is 3.44. The summed E-state index contributed by atoms with van der Waals surface area (Å²) in [4.78, 5) is 9.61. The maximum atomic E-state index is 12.1. The Morgan fingerprint density at radius 1 is 1.05 bits per heavy atom. The average Bonchev–Trinajstić information content (AvgIpc) is 2.41. The van der Waals surface area contributed by atoms with Gasteiger partial charge in [-0.2, -0.15) is 8.42 Å². The lowest BCUT2D eigenvalue weighted by Crippen LogP contribution is -2.10. The largest absolute Gasteiger partial charge is 0.377 e. The summed E-state index contributed by atoms with van der Waals surface area (Å²) in [6.07, 6.45) is 0. The second kappa shape index (κ2) is 5.88. The molecule has 0 saturated carbocycles. The molecule has 0 heterocycles. The highest BCUT2D eigenvalue weighted by atomic mass is 35.5. The first-order valence-corrected chi connectivity index (χ1v) is 7.60. The zero-order valence-electron chi connectivity index (χ0n) is 10.2. The number of rotatable bonds is 4. The molecule has 0 aliphatic rings. The number of nitro groups is 1. The topological polar surface area (TPSA) is 86.5 Å². The molecule has 0 N–H and O–H groups in total. The van der Waals surface area contributed by atoms with Crippen LogP contribution in [0.15, 0.2) is 47.4 Å². The highest BCUT2D eigenvalue weighted by Gasteiger charge is 2.23. The molecule has 0 atom stereocenters. The molecule has 9 heteroatoms. The van der Waals surface area contributed by atoms with Crippen molar-refractivity contribution in [3.8, 4) is 5.75 Å². The SMILES string of the molecule is O=[N+]([O-])c1cc(S(=O)(=O)Oc2ccccc2Cl)ccc1Cl. The molecule has 0 saturated heterocycles. The molecule has 0 bridgehead atoms. The smallest absolute Gasteiger partial charge is 0.339 e. The Balaban J connectivity index is 2.43. The van der Waals surface area contributed by atoms with E-state index in [1.807, 2.05) is 0 Å². The Kier molecular flexibility index (Phi) is 4.36. The third-order valence-corrected chi connectivity index (χ3v) is 4.30. The first-order valence-electron chi connectivity index (χ1n) is 5.44. The van der Waals surface area contributed by atoms with E-state index in [9.17, 15) is 18.5 Å². The van der Waals surface area contributed by atoms with E-state index >= 15 is 0 Å². The van der Waals surface area contributed by atoms with E-state index in [1.54, 1.807) is 12.1 Å². The normalized spacial score (nSPS) is 11.1. The Morgan fingerprint density at radius 3 is 2.33 bits per heavy atom. The summed E-state index contributed by atoms with van der Waals surface area (Å²) in [5, 5.41) is 10.7. The number of benzene rings is 2. The maximum absolute atomic E-state index is 12.1. The van der Waals surface area contributed by atoms with Crippen LogP contribution in [0.25, 0.3) is 0 Å². The number of hydrogen-bond donors (Lipinski definition) is 0. The van der Waals surface area contributed by atoms with Gasteiger partial charge in [-0.15, -0.1) is 0 Å². The fourth-order valence-corrected chi connectivity index (χ4v) is 2.84. The number of nitro benzene ring substituents is 1. The second-order valence-corrected chi connectivity index (χ2v) is 6.20. The Labute approximate surface area is 130 Å². The van der Waals surface area contributed by atoms with Crippen LogP contribution in [0, 0.1) is 10.1 Å². The van der Waals surface area contributed by atoms with Crippen LogP contribution in [0.3, 0.4) is 0 Å². The van der Waals surface area contributed by atoms with Gasteiger partial charge < -0.3 is 4.18 Å². The summed E-state index contributed by atoms with van der Waals surface area (Å²) in [6, 6.07) is 9.02. The quantitative estimate of drug-likeness (QED) is 0.478. The molecule has 21 heavy (non-hydrogen) atoms. The van der Waals surface area contributed by atoms with Crippen LogP contribution in [-0.2, 0) is 10.1 Å². The lowest BCUT2D eigenvalue weighted by atomic mass is 10.3. The van der Waals surface area contributed by atoms with E-state index in [0.29, 0.717) is 0 Å². The first-order chi connectivity index (χ1) is 9.81. The van der Waals surface area contributed by atoms with Gasteiger partial charge in [-0.1, -0.05) is 35.3 Å². The first kappa shape index (κ1) is 15.6. The van der Waals surface area contributed by atoms with Gasteiger partial charge in [0.2, 0.25) is 0 Å². The van der Waals surface area contributed by atoms with Crippen LogP contribution in [0.4, 0.5) is 5.69 Å². The number of hydrogen-bond acceptors (Lipinski definition) is 5. The van der Waals surface area contributed by atoms with Crippen molar-refractivity contribution in [1.29, 1.82) is 0 Å². The second-order valence-electron chi connectivity index (χ2n) is 3.84. The highest BCUT2D eigenvalue weighted by Crippen LogP contribution is 2.30. The van der Waals surface area contributed by atoms with E-state index < -0.39 is 25.6 Å². The molecule has 2 aromatic carbocycles. The van der Waals surface area contributed by atoms with Crippen LogP contribution in [0.1, 0.15) is 0 Å². The van der Waals surface area contributed by atoms with Crippen LogP contribution in [0.2, 0.25) is 10.0 Å². The van der Waals surface area contributed by atoms with E-state index in [2.05, 4.69) is 0 Å². The predicted molar refractivity (Wildman–Crippen MR) is 77.4 cm³/mol. The number of halogens is 2. The lowest BCUT2D eigenvalue weighted by Gasteiger charge is -2.08. The van der Waals surface area contributed by atoms with Gasteiger partial charge in [0.1, 0.15) is 9.92 Å². The van der Waals surface area contributed by atoms with Crippen molar-refractivity contribution in [2.75, 3.05) is 0 Å². The lowest BCUT2D eigenvalue weighted by molar-refractivity contribution is -0.384. The van der Waals surface area contributed by atoms with Crippen molar-refractivity contribution < 1.29 is 17.5 Å². The van der Waals surface area contributed by atoms with Crippen LogP contribution in [0.5, 0.6) is 5.75 Å². The van der Waals surface area contributed by atoms with Crippen LogP contribution in [-0.4, -0.2) is 13.3 Å². The van der Waals surface area contributed by atoms with E-state index in [-0.39, 0.29) is 15.8 Å². The summed E-state index contributed by atoms with van der Waals surface area (Å²) in [6.45, 7) is 0. The molecule has 0 aliphatic heterocycles. The minimum absolute atomic E-state index is 0.0724. The van der Waals surface area contributed by atoms with Gasteiger partial charge in [-0.25, -0.2) is 0 Å². The molecule has 0 aromatic heterocycles. The average molecular weight is 348 g/mol. The molecular formula is C12H7Cl2NO5S. The van der Waals surface area contributed by atoms with Crippen molar-refractivity contribution in [3.63, 3.8) is 0 Å². The Bertz CT molecular complexity index is 807. The summed E-state index contributed by atoms with van der Waals surface area (Å²) in [5.74, 6) is -0.0724. The molecular weight excluding hydrogens is 341 g/mol. The maximum Gasteiger partial charge on any atom is 0.339 e. The van der Waals surface area contributed by atoms with Gasteiger partial charge in [0.25, 0.3) is 5.69 Å². The molecule has 0 fully saturated rings. The molecule has 0 spiro atoms. The molecule has 0 amide bonds. The zero-order chi connectivity index (χ0) is 15.6. The minimum atomic E-state index is -4.26. The monoisotopic (exact) mass is 347 g/mol. The van der Waals surface area contributed by atoms with Crippen molar-refractivity contribution in [3.05, 3.63) is 62.6 Å². The summed E-state index contributed by atoms with van der Waals surface area (Å²) < 4.78 is 29.1. The van der Waals surface area contributed by atoms with E-state index in [4.69, 9.17) is 27.4 Å². The van der Waals surface area contributed by atoms with Gasteiger partial charge in [0, 0.05) is 6.07 Å². The molecule has 2 rings (SSSR count). The Morgan fingerprint density at radius 2 is 1.71 bits per heavy atom. The summed E-state index contributed by atoms with van der Waals surface area (Å²) in [7, 11) is -4.26. The van der Waals surface area contributed by atoms with Crippen molar-refractivity contribution in [1.82, 2.24) is 0 Å². The van der Waals surface area contributed by atoms with E-state index in [1.165, 1.54) is 12.1 Å². The van der Waals surface area contributed by atoms with Crippen molar-refractivity contribution in [2.45, 2.75) is 4.90 Å².